The Balaban J connectivity index is 1.99. The van der Waals surface area contributed by atoms with E-state index < -0.39 is 5.97 Å². The summed E-state index contributed by atoms with van der Waals surface area (Å²) < 4.78 is 5.43. The van der Waals surface area contributed by atoms with E-state index in [9.17, 15) is 9.59 Å². The van der Waals surface area contributed by atoms with Crippen molar-refractivity contribution in [3.8, 4) is 16.9 Å². The van der Waals surface area contributed by atoms with Gasteiger partial charge >= 0.3 is 5.97 Å². The molecule has 0 aliphatic rings. The lowest BCUT2D eigenvalue weighted by molar-refractivity contribution is -0.121. The van der Waals surface area contributed by atoms with Crippen molar-refractivity contribution in [3.05, 3.63) is 54.1 Å². The number of hydrazine groups is 1. The summed E-state index contributed by atoms with van der Waals surface area (Å²) >= 11 is 0. The fraction of sp³-hybridized carbons (Fsp3) is 0.125. The molecule has 0 radical (unpaired) electrons. The molecule has 0 aromatic heterocycles. The monoisotopic (exact) mass is 300 g/mol. The highest BCUT2D eigenvalue weighted by Gasteiger charge is 2.04. The summed E-state index contributed by atoms with van der Waals surface area (Å²) in [6, 6.07) is 14.0. The molecule has 6 heteroatoms. The standard InChI is InChI=1S/C16H16N2O4/c17-18-15(19)9-10-22-14-7-5-12(6-8-14)11-1-3-13(4-2-11)16(20)21/h1-8H,9-10,17H2,(H,18,19)(H,20,21). The van der Waals surface area contributed by atoms with Crippen LogP contribution >= 0.6 is 0 Å². The van der Waals surface area contributed by atoms with Gasteiger partial charge in [0.15, 0.2) is 0 Å². The van der Waals surface area contributed by atoms with E-state index in [-0.39, 0.29) is 24.5 Å². The summed E-state index contributed by atoms with van der Waals surface area (Å²) in [5, 5.41) is 8.87. The molecule has 0 bridgehead atoms. The van der Waals surface area contributed by atoms with E-state index in [1.807, 2.05) is 17.6 Å². The number of carboxylic acids is 1. The number of aromatic carboxylic acids is 1. The fourth-order valence-electron chi connectivity index (χ4n) is 1.88. The maximum Gasteiger partial charge on any atom is 0.335 e. The van der Waals surface area contributed by atoms with Gasteiger partial charge in [-0.3, -0.25) is 10.2 Å². The van der Waals surface area contributed by atoms with Crippen LogP contribution in [0.2, 0.25) is 0 Å². The number of nitrogens with one attached hydrogen (secondary N) is 1. The van der Waals surface area contributed by atoms with Gasteiger partial charge in [-0.15, -0.1) is 0 Å². The van der Waals surface area contributed by atoms with Gasteiger partial charge in [-0.25, -0.2) is 10.6 Å². The quantitative estimate of drug-likeness (QED) is 0.429. The van der Waals surface area contributed by atoms with Crippen molar-refractivity contribution < 1.29 is 19.4 Å². The number of benzene rings is 2. The lowest BCUT2D eigenvalue weighted by atomic mass is 10.0. The summed E-state index contributed by atoms with van der Waals surface area (Å²) in [6.45, 7) is 0.246. The molecule has 2 aromatic rings. The lowest BCUT2D eigenvalue weighted by Gasteiger charge is -2.07. The third kappa shape index (κ3) is 4.07. The zero-order chi connectivity index (χ0) is 15.9. The summed E-state index contributed by atoms with van der Waals surface area (Å²) in [7, 11) is 0. The second-order valence-electron chi connectivity index (χ2n) is 4.57. The molecular formula is C16H16N2O4. The molecule has 0 aliphatic carbocycles. The summed E-state index contributed by atoms with van der Waals surface area (Å²) in [5.41, 5.74) is 4.15. The first-order valence-electron chi connectivity index (χ1n) is 6.66. The number of hydrogen-bond donors (Lipinski definition) is 3. The van der Waals surface area contributed by atoms with E-state index in [1.165, 1.54) is 0 Å². The molecule has 114 valence electrons. The third-order valence-corrected chi connectivity index (χ3v) is 3.08. The van der Waals surface area contributed by atoms with Crippen LogP contribution in [0.3, 0.4) is 0 Å². The summed E-state index contributed by atoms with van der Waals surface area (Å²) in [5.74, 6) is 4.39. The topological polar surface area (TPSA) is 102 Å². The highest BCUT2D eigenvalue weighted by atomic mass is 16.5. The molecule has 0 saturated carbocycles. The predicted molar refractivity (Wildman–Crippen MR) is 81.3 cm³/mol. The highest BCUT2D eigenvalue weighted by Crippen LogP contribution is 2.23. The second kappa shape index (κ2) is 7.24. The molecule has 2 aromatic carbocycles. The van der Waals surface area contributed by atoms with Crippen molar-refractivity contribution in [1.29, 1.82) is 0 Å². The van der Waals surface area contributed by atoms with Gasteiger partial charge in [0.05, 0.1) is 18.6 Å². The number of nitrogens with two attached hydrogens (primary N) is 1. The second-order valence-corrected chi connectivity index (χ2v) is 4.57. The molecular weight excluding hydrogens is 284 g/mol. The average molecular weight is 300 g/mol. The minimum absolute atomic E-state index is 0.189. The van der Waals surface area contributed by atoms with Crippen molar-refractivity contribution in [1.82, 2.24) is 5.43 Å². The zero-order valence-corrected chi connectivity index (χ0v) is 11.8. The highest BCUT2D eigenvalue weighted by molar-refractivity contribution is 5.88. The van der Waals surface area contributed by atoms with Gasteiger partial charge in [-0.05, 0) is 35.4 Å². The zero-order valence-electron chi connectivity index (χ0n) is 11.8. The molecule has 0 unspecified atom stereocenters. The molecule has 1 amide bonds. The van der Waals surface area contributed by atoms with Crippen molar-refractivity contribution in [2.75, 3.05) is 6.61 Å². The molecule has 4 N–H and O–H groups in total. The van der Waals surface area contributed by atoms with E-state index in [0.717, 1.165) is 11.1 Å². The van der Waals surface area contributed by atoms with Crippen molar-refractivity contribution >= 4 is 11.9 Å². The van der Waals surface area contributed by atoms with Crippen LogP contribution in [-0.2, 0) is 4.79 Å². The predicted octanol–water partition coefficient (Wildman–Crippen LogP) is 1.81. The van der Waals surface area contributed by atoms with Gasteiger partial charge in [-0.2, -0.15) is 0 Å². The first kappa shape index (κ1) is 15.5. The minimum Gasteiger partial charge on any atom is -0.493 e. The van der Waals surface area contributed by atoms with Crippen LogP contribution < -0.4 is 16.0 Å². The third-order valence-electron chi connectivity index (χ3n) is 3.08. The van der Waals surface area contributed by atoms with Crippen LogP contribution in [0.1, 0.15) is 16.8 Å². The molecule has 0 spiro atoms. The molecule has 0 saturated heterocycles. The number of ether oxygens (including phenoxy) is 1. The van der Waals surface area contributed by atoms with Gasteiger partial charge in [-0.1, -0.05) is 24.3 Å². The molecule has 22 heavy (non-hydrogen) atoms. The largest absolute Gasteiger partial charge is 0.493 e. The minimum atomic E-state index is -0.947. The normalized spacial score (nSPS) is 10.0. The Morgan fingerprint density at radius 3 is 2.05 bits per heavy atom. The number of carboxylic acid groups (broad SMARTS) is 1. The van der Waals surface area contributed by atoms with Gasteiger partial charge < -0.3 is 9.84 Å². The van der Waals surface area contributed by atoms with Crippen LogP contribution in [0.4, 0.5) is 0 Å². The van der Waals surface area contributed by atoms with Crippen LogP contribution in [0.5, 0.6) is 5.75 Å². The molecule has 2 rings (SSSR count). The van der Waals surface area contributed by atoms with Gasteiger partial charge in [0.25, 0.3) is 0 Å². The Hall–Kier alpha value is -2.86. The Morgan fingerprint density at radius 2 is 1.55 bits per heavy atom. The number of rotatable bonds is 6. The van der Waals surface area contributed by atoms with E-state index in [4.69, 9.17) is 15.7 Å². The summed E-state index contributed by atoms with van der Waals surface area (Å²) in [4.78, 5) is 21.8. The van der Waals surface area contributed by atoms with Crippen LogP contribution in [-0.4, -0.2) is 23.6 Å². The number of hydrogen-bond acceptors (Lipinski definition) is 4. The average Bonchev–Trinajstić information content (AvgIpc) is 2.55. The van der Waals surface area contributed by atoms with Crippen molar-refractivity contribution in [2.45, 2.75) is 6.42 Å². The van der Waals surface area contributed by atoms with E-state index in [0.29, 0.717) is 5.75 Å². The Kier molecular flexibility index (Phi) is 5.11. The summed E-state index contributed by atoms with van der Waals surface area (Å²) in [6.07, 6.45) is 0.189. The van der Waals surface area contributed by atoms with Gasteiger partial charge in [0, 0.05) is 0 Å². The Morgan fingerprint density at radius 1 is 1.00 bits per heavy atom. The Labute approximate surface area is 127 Å². The first-order valence-corrected chi connectivity index (χ1v) is 6.66. The molecule has 0 fully saturated rings. The number of carbonyl (C=O) groups excluding carboxylic acids is 1. The van der Waals surface area contributed by atoms with Crippen LogP contribution in [0.25, 0.3) is 11.1 Å². The fourth-order valence-corrected chi connectivity index (χ4v) is 1.88. The van der Waals surface area contributed by atoms with Gasteiger partial charge in [0.1, 0.15) is 5.75 Å². The molecule has 6 nitrogen and oxygen atoms in total. The molecule has 0 aliphatic heterocycles. The SMILES string of the molecule is NNC(=O)CCOc1ccc(-c2ccc(C(=O)O)cc2)cc1. The van der Waals surface area contributed by atoms with Gasteiger partial charge in [0.2, 0.25) is 5.91 Å². The van der Waals surface area contributed by atoms with E-state index >= 15 is 0 Å². The van der Waals surface area contributed by atoms with Crippen molar-refractivity contribution in [3.63, 3.8) is 0 Å². The molecule has 0 heterocycles. The molecule has 0 atom stereocenters. The van der Waals surface area contributed by atoms with E-state index in [1.54, 1.807) is 36.4 Å². The van der Waals surface area contributed by atoms with E-state index in [2.05, 4.69) is 0 Å². The number of amides is 1. The van der Waals surface area contributed by atoms with Crippen molar-refractivity contribution in [2.24, 2.45) is 5.84 Å². The smallest absolute Gasteiger partial charge is 0.335 e. The van der Waals surface area contributed by atoms with Crippen LogP contribution in [0, 0.1) is 0 Å². The van der Waals surface area contributed by atoms with Crippen LogP contribution in [0.15, 0.2) is 48.5 Å². The first-order chi connectivity index (χ1) is 10.6. The maximum atomic E-state index is 11.0. The Bertz CT molecular complexity index is 651. The maximum absolute atomic E-state index is 11.0. The number of carbonyl (C=O) groups is 2. The lowest BCUT2D eigenvalue weighted by Crippen LogP contribution is -2.31.